The molecular formula is C25H29F2N3O4S. The molecule has 0 saturated carbocycles. The molecule has 1 aromatic heterocycles. The summed E-state index contributed by atoms with van der Waals surface area (Å²) in [7, 11) is -2.40. The van der Waals surface area contributed by atoms with Gasteiger partial charge in [0.05, 0.1) is 36.4 Å². The summed E-state index contributed by atoms with van der Waals surface area (Å²) in [5, 5.41) is -0.170. The van der Waals surface area contributed by atoms with Crippen LogP contribution < -0.4 is 0 Å². The highest BCUT2D eigenvalue weighted by molar-refractivity contribution is 7.90. The lowest BCUT2D eigenvalue weighted by Crippen LogP contribution is -2.35. The van der Waals surface area contributed by atoms with E-state index in [1.807, 2.05) is 13.8 Å². The van der Waals surface area contributed by atoms with Crippen molar-refractivity contribution < 1.29 is 26.7 Å². The van der Waals surface area contributed by atoms with E-state index in [2.05, 4.69) is 4.98 Å². The number of nitrogens with zero attached hydrogens (tertiary/aromatic N) is 3. The fraction of sp³-hybridized carbons (Fsp3) is 0.360. The van der Waals surface area contributed by atoms with Gasteiger partial charge in [-0.15, -0.1) is 0 Å². The molecule has 0 N–H and O–H groups in total. The van der Waals surface area contributed by atoms with E-state index in [9.17, 15) is 22.0 Å². The molecule has 0 radical (unpaired) electrons. The third kappa shape index (κ3) is 6.73. The minimum atomic E-state index is -3.89. The number of rotatable bonds is 11. The Hall–Kier alpha value is -3.11. The summed E-state index contributed by atoms with van der Waals surface area (Å²) in [6.45, 7) is 4.64. The number of sulfone groups is 1. The second-order valence-corrected chi connectivity index (χ2v) is 10.5. The molecule has 0 unspecified atom stereocenters. The Kier molecular flexibility index (Phi) is 8.74. The second kappa shape index (κ2) is 11.5. The van der Waals surface area contributed by atoms with Crippen molar-refractivity contribution in [2.24, 2.45) is 5.92 Å². The Bertz CT molecular complexity index is 1260. The van der Waals surface area contributed by atoms with Crippen molar-refractivity contribution in [3.05, 3.63) is 83.2 Å². The van der Waals surface area contributed by atoms with E-state index in [0.717, 1.165) is 0 Å². The van der Waals surface area contributed by atoms with Crippen LogP contribution >= 0.6 is 0 Å². The van der Waals surface area contributed by atoms with Gasteiger partial charge in [0.2, 0.25) is 15.0 Å². The predicted molar refractivity (Wildman–Crippen MR) is 127 cm³/mol. The van der Waals surface area contributed by atoms with Crippen LogP contribution in [-0.4, -0.2) is 49.0 Å². The van der Waals surface area contributed by atoms with Gasteiger partial charge in [-0.2, -0.15) is 0 Å². The predicted octanol–water partition coefficient (Wildman–Crippen LogP) is 4.08. The first-order valence-corrected chi connectivity index (χ1v) is 12.8. The third-order valence-corrected chi connectivity index (χ3v) is 6.89. The minimum absolute atomic E-state index is 0.0358. The highest BCUT2D eigenvalue weighted by Gasteiger charge is 2.27. The maximum atomic E-state index is 14.3. The van der Waals surface area contributed by atoms with E-state index in [0.29, 0.717) is 17.8 Å². The van der Waals surface area contributed by atoms with Crippen LogP contribution in [0.3, 0.4) is 0 Å². The van der Waals surface area contributed by atoms with Crippen molar-refractivity contribution in [2.45, 2.75) is 37.8 Å². The van der Waals surface area contributed by atoms with Crippen LogP contribution in [0.25, 0.3) is 0 Å². The highest BCUT2D eigenvalue weighted by atomic mass is 32.2. The third-order valence-electron chi connectivity index (χ3n) is 5.30. The van der Waals surface area contributed by atoms with Gasteiger partial charge in [-0.3, -0.25) is 4.79 Å². The van der Waals surface area contributed by atoms with Crippen LogP contribution in [0.5, 0.6) is 0 Å². The smallest absolute Gasteiger partial charge is 0.257 e. The monoisotopic (exact) mass is 505 g/mol. The lowest BCUT2D eigenvalue weighted by atomic mass is 10.1. The quantitative estimate of drug-likeness (QED) is 0.392. The maximum Gasteiger partial charge on any atom is 0.257 e. The normalized spacial score (nSPS) is 11.7. The maximum absolute atomic E-state index is 14.3. The minimum Gasteiger partial charge on any atom is -0.383 e. The van der Waals surface area contributed by atoms with Gasteiger partial charge in [-0.25, -0.2) is 22.2 Å². The second-order valence-electron chi connectivity index (χ2n) is 8.62. The SMILES string of the molecule is COCCn1c(CN(CC(C)C)C(=O)c2ccccc2F)cnc1S(=O)(=O)Cc1ccc(F)cc1. The van der Waals surface area contributed by atoms with E-state index < -0.39 is 27.4 Å². The number of halogens is 2. The molecule has 2 aromatic carbocycles. The average molecular weight is 506 g/mol. The molecule has 7 nitrogen and oxygen atoms in total. The van der Waals surface area contributed by atoms with Gasteiger partial charge in [0, 0.05) is 20.2 Å². The average Bonchev–Trinajstić information content (AvgIpc) is 3.21. The van der Waals surface area contributed by atoms with E-state index >= 15 is 0 Å². The van der Waals surface area contributed by atoms with Crippen molar-refractivity contribution in [1.29, 1.82) is 0 Å². The molecule has 1 heterocycles. The zero-order valence-corrected chi connectivity index (χ0v) is 20.8. The molecule has 0 fully saturated rings. The number of methoxy groups -OCH3 is 1. The van der Waals surface area contributed by atoms with Crippen molar-refractivity contribution >= 4 is 15.7 Å². The zero-order chi connectivity index (χ0) is 25.6. The van der Waals surface area contributed by atoms with E-state index in [1.54, 1.807) is 6.07 Å². The highest BCUT2D eigenvalue weighted by Crippen LogP contribution is 2.21. The lowest BCUT2D eigenvalue weighted by Gasteiger charge is -2.25. The Morgan fingerprint density at radius 2 is 1.80 bits per heavy atom. The standard InChI is InChI=1S/C25H29F2N3O4S/c1-18(2)15-29(24(31)22-6-4-5-7-23(22)27)16-21-14-28-25(30(21)12-13-34-3)35(32,33)17-19-8-10-20(26)11-9-19/h4-11,14,18H,12-13,15-17H2,1-3H3. The van der Waals surface area contributed by atoms with Crippen molar-refractivity contribution in [1.82, 2.24) is 14.5 Å². The summed E-state index contributed by atoms with van der Waals surface area (Å²) >= 11 is 0. The molecule has 0 spiro atoms. The summed E-state index contributed by atoms with van der Waals surface area (Å²) in [4.78, 5) is 18.8. The summed E-state index contributed by atoms with van der Waals surface area (Å²) < 4.78 is 60.6. The largest absolute Gasteiger partial charge is 0.383 e. The molecule has 10 heteroatoms. The lowest BCUT2D eigenvalue weighted by molar-refractivity contribution is 0.0712. The number of amides is 1. The van der Waals surface area contributed by atoms with Gasteiger partial charge >= 0.3 is 0 Å². The molecule has 0 bridgehead atoms. The van der Waals surface area contributed by atoms with Gasteiger partial charge in [-0.1, -0.05) is 38.1 Å². The molecule has 188 valence electrons. The number of benzene rings is 2. The number of hydrogen-bond donors (Lipinski definition) is 0. The molecule has 0 aliphatic heterocycles. The molecular weight excluding hydrogens is 476 g/mol. The number of carbonyl (C=O) groups excluding carboxylic acids is 1. The van der Waals surface area contributed by atoms with Crippen LogP contribution in [0.2, 0.25) is 0 Å². The Balaban J connectivity index is 1.96. The molecule has 35 heavy (non-hydrogen) atoms. The van der Waals surface area contributed by atoms with E-state index in [-0.39, 0.29) is 42.1 Å². The number of ether oxygens (including phenoxy) is 1. The summed E-state index contributed by atoms with van der Waals surface area (Å²) in [6, 6.07) is 11.0. The number of hydrogen-bond acceptors (Lipinski definition) is 5. The van der Waals surface area contributed by atoms with Crippen molar-refractivity contribution in [2.75, 3.05) is 20.3 Å². The molecule has 1 amide bonds. The van der Waals surface area contributed by atoms with E-state index in [1.165, 1.54) is 65.2 Å². The fourth-order valence-corrected chi connectivity index (χ4v) is 5.23. The van der Waals surface area contributed by atoms with Gasteiger partial charge in [0.25, 0.3) is 5.91 Å². The van der Waals surface area contributed by atoms with Crippen LogP contribution in [0.1, 0.15) is 35.5 Å². The molecule has 0 aliphatic rings. The molecule has 0 aliphatic carbocycles. The van der Waals surface area contributed by atoms with Crippen LogP contribution in [0.4, 0.5) is 8.78 Å². The first kappa shape index (κ1) is 26.5. The van der Waals surface area contributed by atoms with Gasteiger partial charge in [0.1, 0.15) is 11.6 Å². The van der Waals surface area contributed by atoms with Gasteiger partial charge in [-0.05, 0) is 35.7 Å². The van der Waals surface area contributed by atoms with Crippen LogP contribution in [0.15, 0.2) is 59.9 Å². The number of aromatic nitrogens is 2. The Morgan fingerprint density at radius 3 is 2.43 bits per heavy atom. The fourth-order valence-electron chi connectivity index (χ4n) is 3.71. The number of imidazole rings is 1. The number of carbonyl (C=O) groups is 1. The summed E-state index contributed by atoms with van der Waals surface area (Å²) in [6.07, 6.45) is 1.41. The van der Waals surface area contributed by atoms with Crippen molar-refractivity contribution in [3.63, 3.8) is 0 Å². The molecule has 0 atom stereocenters. The Labute approximate surface area is 204 Å². The van der Waals surface area contributed by atoms with Gasteiger partial charge < -0.3 is 14.2 Å². The van der Waals surface area contributed by atoms with Crippen LogP contribution in [-0.2, 0) is 33.4 Å². The summed E-state index contributed by atoms with van der Waals surface area (Å²) in [5.41, 5.74) is 0.843. The van der Waals surface area contributed by atoms with Crippen molar-refractivity contribution in [3.8, 4) is 0 Å². The molecule has 0 saturated heterocycles. The van der Waals surface area contributed by atoms with Gasteiger partial charge in [0.15, 0.2) is 0 Å². The topological polar surface area (TPSA) is 81.5 Å². The molecule has 3 aromatic rings. The molecule has 3 rings (SSSR count). The first-order valence-electron chi connectivity index (χ1n) is 11.2. The zero-order valence-electron chi connectivity index (χ0n) is 19.9. The summed E-state index contributed by atoms with van der Waals surface area (Å²) in [5.74, 6) is -1.85. The van der Waals surface area contributed by atoms with Crippen LogP contribution in [0, 0.1) is 17.6 Å². The van der Waals surface area contributed by atoms with E-state index in [4.69, 9.17) is 4.74 Å². The Morgan fingerprint density at radius 1 is 1.11 bits per heavy atom. The first-order chi connectivity index (χ1) is 16.6.